The normalized spacial score (nSPS) is 16.9. The number of nitrogens with zero attached hydrogens (tertiary/aromatic N) is 5. The standard InChI is InChI=1S/C17H25N5O3S/c1-4-14-9-18-17(19-10-14)25-15-5-7-22(8-6-15)26(23,24)16-11-21(12-20-16)13(2)3/h9-13,15H,4-8H2,1-3H3. The molecule has 8 nitrogen and oxygen atoms in total. The summed E-state index contributed by atoms with van der Waals surface area (Å²) in [4.78, 5) is 12.5. The van der Waals surface area contributed by atoms with Gasteiger partial charge in [-0.05, 0) is 38.7 Å². The van der Waals surface area contributed by atoms with Crippen LogP contribution in [-0.2, 0) is 16.4 Å². The molecule has 0 N–H and O–H groups in total. The molecule has 142 valence electrons. The molecule has 2 aromatic rings. The second-order valence-corrected chi connectivity index (χ2v) is 8.59. The molecule has 26 heavy (non-hydrogen) atoms. The first-order valence-electron chi connectivity index (χ1n) is 8.91. The molecule has 1 saturated heterocycles. The minimum absolute atomic E-state index is 0.0813. The van der Waals surface area contributed by atoms with Crippen LogP contribution in [-0.4, -0.2) is 51.4 Å². The Morgan fingerprint density at radius 2 is 1.85 bits per heavy atom. The van der Waals surface area contributed by atoms with E-state index in [4.69, 9.17) is 4.74 Å². The molecule has 0 spiro atoms. The third-order valence-corrected chi connectivity index (χ3v) is 6.33. The third kappa shape index (κ3) is 4.04. The Balaban J connectivity index is 1.59. The fourth-order valence-electron chi connectivity index (χ4n) is 2.79. The fraction of sp³-hybridized carbons (Fsp3) is 0.588. The van der Waals surface area contributed by atoms with Gasteiger partial charge in [0.05, 0.1) is 6.33 Å². The first kappa shape index (κ1) is 18.8. The van der Waals surface area contributed by atoms with E-state index in [1.165, 1.54) is 4.31 Å². The molecule has 1 aliphatic heterocycles. The van der Waals surface area contributed by atoms with Gasteiger partial charge < -0.3 is 9.30 Å². The molecule has 0 aromatic carbocycles. The Kier molecular flexibility index (Phi) is 5.57. The van der Waals surface area contributed by atoms with Crippen molar-refractivity contribution >= 4 is 10.0 Å². The maximum absolute atomic E-state index is 12.7. The monoisotopic (exact) mass is 379 g/mol. The number of hydrogen-bond donors (Lipinski definition) is 0. The molecule has 0 aliphatic carbocycles. The van der Waals surface area contributed by atoms with E-state index in [0.717, 1.165) is 12.0 Å². The van der Waals surface area contributed by atoms with Crippen LogP contribution in [0.4, 0.5) is 0 Å². The molecule has 2 aromatic heterocycles. The van der Waals surface area contributed by atoms with E-state index in [1.54, 1.807) is 29.5 Å². The topological polar surface area (TPSA) is 90.2 Å². The van der Waals surface area contributed by atoms with E-state index in [1.807, 2.05) is 20.8 Å². The van der Waals surface area contributed by atoms with Gasteiger partial charge in [0, 0.05) is 37.7 Å². The van der Waals surface area contributed by atoms with Gasteiger partial charge in [0.15, 0.2) is 5.03 Å². The first-order chi connectivity index (χ1) is 12.4. The highest BCUT2D eigenvalue weighted by Gasteiger charge is 2.32. The molecular formula is C17H25N5O3S. The van der Waals surface area contributed by atoms with Crippen molar-refractivity contribution in [2.75, 3.05) is 13.1 Å². The molecule has 1 fully saturated rings. The Bertz CT molecular complexity index is 824. The van der Waals surface area contributed by atoms with Crippen molar-refractivity contribution in [3.05, 3.63) is 30.5 Å². The van der Waals surface area contributed by atoms with Crippen LogP contribution in [0.5, 0.6) is 6.01 Å². The van der Waals surface area contributed by atoms with E-state index in [-0.39, 0.29) is 17.2 Å². The zero-order valence-corrected chi connectivity index (χ0v) is 16.2. The minimum atomic E-state index is -3.57. The lowest BCUT2D eigenvalue weighted by Gasteiger charge is -2.30. The van der Waals surface area contributed by atoms with Gasteiger partial charge in [0.1, 0.15) is 6.10 Å². The van der Waals surface area contributed by atoms with Gasteiger partial charge in [0.2, 0.25) is 0 Å². The lowest BCUT2D eigenvalue weighted by atomic mass is 10.1. The predicted octanol–water partition coefficient (Wildman–Crippen LogP) is 2.05. The molecule has 0 saturated carbocycles. The van der Waals surface area contributed by atoms with E-state index < -0.39 is 10.0 Å². The predicted molar refractivity (Wildman–Crippen MR) is 96.4 cm³/mol. The van der Waals surface area contributed by atoms with E-state index in [9.17, 15) is 8.42 Å². The summed E-state index contributed by atoms with van der Waals surface area (Å²) in [5.74, 6) is 0. The average Bonchev–Trinajstić information content (AvgIpc) is 3.14. The smallest absolute Gasteiger partial charge is 0.316 e. The minimum Gasteiger partial charge on any atom is -0.460 e. The molecule has 0 amide bonds. The van der Waals surface area contributed by atoms with Crippen molar-refractivity contribution in [1.29, 1.82) is 0 Å². The Morgan fingerprint density at radius 1 is 1.19 bits per heavy atom. The molecule has 0 radical (unpaired) electrons. The van der Waals surface area contributed by atoms with Crippen LogP contribution in [0.15, 0.2) is 29.9 Å². The Morgan fingerprint density at radius 3 is 2.38 bits per heavy atom. The number of imidazole rings is 1. The van der Waals surface area contributed by atoms with Crippen LogP contribution in [0.2, 0.25) is 0 Å². The maximum Gasteiger partial charge on any atom is 0.316 e. The Labute approximate surface area is 154 Å². The molecule has 3 rings (SSSR count). The highest BCUT2D eigenvalue weighted by molar-refractivity contribution is 7.89. The van der Waals surface area contributed by atoms with Crippen molar-refractivity contribution in [2.24, 2.45) is 0 Å². The molecular weight excluding hydrogens is 354 g/mol. The first-order valence-corrected chi connectivity index (χ1v) is 10.4. The highest BCUT2D eigenvalue weighted by Crippen LogP contribution is 2.22. The lowest BCUT2D eigenvalue weighted by Crippen LogP contribution is -2.42. The van der Waals surface area contributed by atoms with Gasteiger partial charge in [-0.25, -0.2) is 23.4 Å². The summed E-state index contributed by atoms with van der Waals surface area (Å²) in [6.45, 7) is 6.80. The number of aromatic nitrogens is 4. The van der Waals surface area contributed by atoms with Gasteiger partial charge in [0.25, 0.3) is 10.0 Å². The van der Waals surface area contributed by atoms with E-state index in [0.29, 0.717) is 31.9 Å². The summed E-state index contributed by atoms with van der Waals surface area (Å²) in [5.41, 5.74) is 1.05. The van der Waals surface area contributed by atoms with Crippen molar-refractivity contribution in [3.8, 4) is 6.01 Å². The van der Waals surface area contributed by atoms with Gasteiger partial charge in [-0.3, -0.25) is 0 Å². The van der Waals surface area contributed by atoms with Crippen molar-refractivity contribution in [1.82, 2.24) is 23.8 Å². The van der Waals surface area contributed by atoms with Gasteiger partial charge in [-0.1, -0.05) is 6.92 Å². The Hall–Kier alpha value is -2.00. The van der Waals surface area contributed by atoms with Crippen LogP contribution < -0.4 is 4.74 Å². The lowest BCUT2D eigenvalue weighted by molar-refractivity contribution is 0.124. The van der Waals surface area contributed by atoms with Crippen LogP contribution in [0.1, 0.15) is 45.2 Å². The summed E-state index contributed by atoms with van der Waals surface area (Å²) >= 11 is 0. The number of aryl methyl sites for hydroxylation is 1. The van der Waals surface area contributed by atoms with Gasteiger partial charge in [-0.15, -0.1) is 0 Å². The van der Waals surface area contributed by atoms with Crippen molar-refractivity contribution in [3.63, 3.8) is 0 Å². The van der Waals surface area contributed by atoms with Crippen molar-refractivity contribution < 1.29 is 13.2 Å². The summed E-state index contributed by atoms with van der Waals surface area (Å²) in [6, 6.07) is 0.517. The largest absolute Gasteiger partial charge is 0.460 e. The number of hydrogen-bond acceptors (Lipinski definition) is 6. The SMILES string of the molecule is CCc1cnc(OC2CCN(S(=O)(=O)c3cn(C(C)C)cn3)CC2)nc1. The second-order valence-electron chi connectivity index (χ2n) is 6.70. The maximum atomic E-state index is 12.7. The molecule has 9 heteroatoms. The third-order valence-electron chi connectivity index (χ3n) is 4.54. The molecule has 3 heterocycles. The highest BCUT2D eigenvalue weighted by atomic mass is 32.2. The number of sulfonamides is 1. The van der Waals surface area contributed by atoms with Crippen LogP contribution >= 0.6 is 0 Å². The second kappa shape index (κ2) is 7.71. The summed E-state index contributed by atoms with van der Waals surface area (Å²) in [7, 11) is -3.57. The van der Waals surface area contributed by atoms with Gasteiger partial charge >= 0.3 is 6.01 Å². The fourth-order valence-corrected chi connectivity index (χ4v) is 4.18. The van der Waals surface area contributed by atoms with E-state index >= 15 is 0 Å². The van der Waals surface area contributed by atoms with Crippen molar-refractivity contribution in [2.45, 2.75) is 57.2 Å². The quantitative estimate of drug-likeness (QED) is 0.763. The van der Waals surface area contributed by atoms with Crippen LogP contribution in [0, 0.1) is 0 Å². The zero-order chi connectivity index (χ0) is 18.7. The summed E-state index contributed by atoms with van der Waals surface area (Å²) in [6.07, 6.45) is 8.66. The molecule has 0 atom stereocenters. The molecule has 1 aliphatic rings. The zero-order valence-electron chi connectivity index (χ0n) is 15.4. The summed E-state index contributed by atoms with van der Waals surface area (Å²) in [5, 5.41) is 0.101. The van der Waals surface area contributed by atoms with Crippen LogP contribution in [0.3, 0.4) is 0 Å². The average molecular weight is 379 g/mol. The van der Waals surface area contributed by atoms with Gasteiger partial charge in [-0.2, -0.15) is 4.31 Å². The molecule has 0 unspecified atom stereocenters. The number of ether oxygens (including phenoxy) is 1. The number of piperidine rings is 1. The number of rotatable bonds is 6. The molecule has 0 bridgehead atoms. The van der Waals surface area contributed by atoms with Crippen LogP contribution in [0.25, 0.3) is 0 Å². The van der Waals surface area contributed by atoms with E-state index in [2.05, 4.69) is 15.0 Å². The summed E-state index contributed by atoms with van der Waals surface area (Å²) < 4.78 is 34.5.